The van der Waals surface area contributed by atoms with Crippen molar-refractivity contribution in [3.63, 3.8) is 0 Å². The first-order valence-electron chi connectivity index (χ1n) is 4.38. The van der Waals surface area contributed by atoms with E-state index in [-0.39, 0.29) is 11.8 Å². The number of nitro groups is 1. The molecule has 0 N–H and O–H groups in total. The smallest absolute Gasteiger partial charge is 0.394 e. The first kappa shape index (κ1) is 9.45. The van der Waals surface area contributed by atoms with Gasteiger partial charge in [-0.2, -0.15) is 4.98 Å². The Morgan fingerprint density at radius 1 is 1.60 bits per heavy atom. The average molecular weight is 208 g/mol. The molecule has 0 saturated heterocycles. The molecule has 2 rings (SSSR count). The Labute approximate surface area is 84.6 Å². The third-order valence-electron chi connectivity index (χ3n) is 1.83. The lowest BCUT2D eigenvalue weighted by Gasteiger charge is -1.91. The molecule has 6 nitrogen and oxygen atoms in total. The maximum absolute atomic E-state index is 10.5. The van der Waals surface area contributed by atoms with Gasteiger partial charge in [0.05, 0.1) is 11.5 Å². The van der Waals surface area contributed by atoms with E-state index in [0.717, 1.165) is 0 Å². The van der Waals surface area contributed by atoms with Gasteiger partial charge < -0.3 is 9.15 Å². The quantitative estimate of drug-likeness (QED) is 0.570. The predicted octanol–water partition coefficient (Wildman–Crippen LogP) is 2.13. The third kappa shape index (κ3) is 1.74. The standard InChI is InChI=1S/C9H8N2O4/c1-2-14-9-10-7-5-6(11(12)13)3-4-8(7)15-9/h3-5H,2H2,1H3. The SMILES string of the molecule is CCOc1nc2cc([N+](=O)[O-])ccc2o1. The molecular formula is C9H8N2O4. The summed E-state index contributed by atoms with van der Waals surface area (Å²) in [5, 5.41) is 10.5. The van der Waals surface area contributed by atoms with Crippen molar-refractivity contribution in [2.45, 2.75) is 6.92 Å². The molecule has 0 bridgehead atoms. The van der Waals surface area contributed by atoms with Crippen LogP contribution >= 0.6 is 0 Å². The lowest BCUT2D eigenvalue weighted by Crippen LogP contribution is -1.90. The Bertz CT molecular complexity index is 506. The normalized spacial score (nSPS) is 10.5. The topological polar surface area (TPSA) is 78.4 Å². The predicted molar refractivity (Wildman–Crippen MR) is 51.8 cm³/mol. The van der Waals surface area contributed by atoms with Gasteiger partial charge in [0.1, 0.15) is 5.52 Å². The summed E-state index contributed by atoms with van der Waals surface area (Å²) in [4.78, 5) is 14.0. The van der Waals surface area contributed by atoms with Crippen molar-refractivity contribution >= 4 is 16.8 Å². The van der Waals surface area contributed by atoms with Crippen molar-refractivity contribution in [2.75, 3.05) is 6.61 Å². The van der Waals surface area contributed by atoms with Crippen molar-refractivity contribution in [3.05, 3.63) is 28.3 Å². The molecule has 0 radical (unpaired) electrons. The zero-order valence-corrected chi connectivity index (χ0v) is 7.97. The minimum Gasteiger partial charge on any atom is -0.450 e. The average Bonchev–Trinajstić information content (AvgIpc) is 2.59. The first-order chi connectivity index (χ1) is 7.20. The van der Waals surface area contributed by atoms with Crippen molar-refractivity contribution in [1.82, 2.24) is 4.98 Å². The number of benzene rings is 1. The van der Waals surface area contributed by atoms with Gasteiger partial charge in [0.15, 0.2) is 5.58 Å². The van der Waals surface area contributed by atoms with Crippen molar-refractivity contribution in [1.29, 1.82) is 0 Å². The third-order valence-corrected chi connectivity index (χ3v) is 1.83. The number of ether oxygens (including phenoxy) is 1. The van der Waals surface area contributed by atoms with E-state index in [0.29, 0.717) is 17.7 Å². The van der Waals surface area contributed by atoms with Crippen LogP contribution in [0.1, 0.15) is 6.92 Å². The molecule has 0 unspecified atom stereocenters. The van der Waals surface area contributed by atoms with Crippen LogP contribution in [0, 0.1) is 10.1 Å². The van der Waals surface area contributed by atoms with Gasteiger partial charge in [0.2, 0.25) is 0 Å². The van der Waals surface area contributed by atoms with Crippen molar-refractivity contribution < 1.29 is 14.1 Å². The number of non-ortho nitro benzene ring substituents is 1. The van der Waals surface area contributed by atoms with E-state index in [1.807, 2.05) is 0 Å². The van der Waals surface area contributed by atoms with E-state index in [2.05, 4.69) is 4.98 Å². The Kier molecular flexibility index (Phi) is 2.24. The highest BCUT2D eigenvalue weighted by atomic mass is 16.6. The molecule has 0 amide bonds. The highest BCUT2D eigenvalue weighted by molar-refractivity contribution is 5.75. The van der Waals surface area contributed by atoms with Gasteiger partial charge in [-0.1, -0.05) is 0 Å². The molecule has 0 aliphatic heterocycles. The Balaban J connectivity index is 2.47. The molecule has 15 heavy (non-hydrogen) atoms. The fourth-order valence-electron chi connectivity index (χ4n) is 1.19. The molecule has 0 spiro atoms. The van der Waals surface area contributed by atoms with Crippen LogP contribution in [0.15, 0.2) is 22.6 Å². The lowest BCUT2D eigenvalue weighted by molar-refractivity contribution is -0.384. The number of aromatic nitrogens is 1. The molecule has 1 aromatic carbocycles. The molecule has 78 valence electrons. The van der Waals surface area contributed by atoms with Gasteiger partial charge in [0, 0.05) is 12.1 Å². The minimum absolute atomic E-state index is 0.0150. The van der Waals surface area contributed by atoms with Crippen LogP contribution in [0.3, 0.4) is 0 Å². The largest absolute Gasteiger partial charge is 0.450 e. The highest BCUT2D eigenvalue weighted by Crippen LogP contribution is 2.24. The molecule has 0 atom stereocenters. The summed E-state index contributed by atoms with van der Waals surface area (Å²) in [6, 6.07) is 4.22. The number of hydrogen-bond donors (Lipinski definition) is 0. The fourth-order valence-corrected chi connectivity index (χ4v) is 1.19. The van der Waals surface area contributed by atoms with E-state index in [1.165, 1.54) is 18.2 Å². The molecule has 0 aliphatic rings. The second kappa shape index (κ2) is 3.56. The van der Waals surface area contributed by atoms with Crippen LogP contribution in [-0.2, 0) is 0 Å². The van der Waals surface area contributed by atoms with Crippen molar-refractivity contribution in [3.8, 4) is 6.08 Å². The second-order valence-corrected chi connectivity index (χ2v) is 2.82. The van der Waals surface area contributed by atoms with Crippen LogP contribution in [0.5, 0.6) is 6.08 Å². The first-order valence-corrected chi connectivity index (χ1v) is 4.38. The summed E-state index contributed by atoms with van der Waals surface area (Å²) in [6.07, 6.45) is 0.132. The minimum atomic E-state index is -0.478. The van der Waals surface area contributed by atoms with Crippen molar-refractivity contribution in [2.24, 2.45) is 0 Å². The van der Waals surface area contributed by atoms with Gasteiger partial charge in [0.25, 0.3) is 5.69 Å². The maximum atomic E-state index is 10.5. The fraction of sp³-hybridized carbons (Fsp3) is 0.222. The van der Waals surface area contributed by atoms with E-state index >= 15 is 0 Å². The number of hydrogen-bond acceptors (Lipinski definition) is 5. The Morgan fingerprint density at radius 3 is 3.07 bits per heavy atom. The van der Waals surface area contributed by atoms with Crippen LogP contribution in [0.25, 0.3) is 11.1 Å². The molecule has 1 aromatic heterocycles. The van der Waals surface area contributed by atoms with E-state index in [1.54, 1.807) is 6.92 Å². The van der Waals surface area contributed by atoms with Gasteiger partial charge in [-0.3, -0.25) is 10.1 Å². The summed E-state index contributed by atoms with van der Waals surface area (Å²) in [5.74, 6) is 0. The summed E-state index contributed by atoms with van der Waals surface area (Å²) in [5.41, 5.74) is 0.885. The van der Waals surface area contributed by atoms with Crippen LogP contribution in [-0.4, -0.2) is 16.5 Å². The molecule has 0 saturated carbocycles. The molecule has 2 aromatic rings. The summed E-state index contributed by atoms with van der Waals surface area (Å²) < 4.78 is 10.2. The molecule has 0 aliphatic carbocycles. The number of nitrogens with zero attached hydrogens (tertiary/aromatic N) is 2. The summed E-state index contributed by atoms with van der Waals surface area (Å²) >= 11 is 0. The number of fused-ring (bicyclic) bond motifs is 1. The van der Waals surface area contributed by atoms with Gasteiger partial charge >= 0.3 is 6.08 Å². The van der Waals surface area contributed by atoms with Gasteiger partial charge in [-0.15, -0.1) is 0 Å². The molecule has 6 heteroatoms. The van der Waals surface area contributed by atoms with E-state index < -0.39 is 4.92 Å². The Morgan fingerprint density at radius 2 is 2.40 bits per heavy atom. The van der Waals surface area contributed by atoms with Crippen LogP contribution < -0.4 is 4.74 Å². The summed E-state index contributed by atoms with van der Waals surface area (Å²) in [7, 11) is 0. The summed E-state index contributed by atoms with van der Waals surface area (Å²) in [6.45, 7) is 2.24. The monoisotopic (exact) mass is 208 g/mol. The molecule has 1 heterocycles. The Hall–Kier alpha value is -2.11. The molecule has 0 fully saturated rings. The van der Waals surface area contributed by atoms with Crippen LogP contribution in [0.4, 0.5) is 5.69 Å². The van der Waals surface area contributed by atoms with E-state index in [9.17, 15) is 10.1 Å². The van der Waals surface area contributed by atoms with Crippen LogP contribution in [0.2, 0.25) is 0 Å². The van der Waals surface area contributed by atoms with Gasteiger partial charge in [-0.05, 0) is 13.0 Å². The molecular weight excluding hydrogens is 200 g/mol. The zero-order chi connectivity index (χ0) is 10.8. The maximum Gasteiger partial charge on any atom is 0.394 e. The number of oxazole rings is 1. The van der Waals surface area contributed by atoms with Gasteiger partial charge in [-0.25, -0.2) is 0 Å². The zero-order valence-electron chi connectivity index (χ0n) is 7.97. The highest BCUT2D eigenvalue weighted by Gasteiger charge is 2.11. The number of rotatable bonds is 3. The second-order valence-electron chi connectivity index (χ2n) is 2.82. The van der Waals surface area contributed by atoms with E-state index in [4.69, 9.17) is 9.15 Å². The number of nitro benzene ring substituents is 1. The lowest BCUT2D eigenvalue weighted by atomic mass is 10.3.